The Morgan fingerprint density at radius 1 is 1.20 bits per heavy atom. The van der Waals surface area contributed by atoms with Crippen LogP contribution < -0.4 is 30.9 Å². The van der Waals surface area contributed by atoms with Gasteiger partial charge in [-0.2, -0.15) is 4.98 Å². The molecule has 1 atom stereocenters. The maximum absolute atomic E-state index is 12.8. The van der Waals surface area contributed by atoms with Gasteiger partial charge in [0.25, 0.3) is 0 Å². The second-order valence-corrected chi connectivity index (χ2v) is 13.7. The Kier molecular flexibility index (Phi) is 9.03. The van der Waals surface area contributed by atoms with Gasteiger partial charge in [0.2, 0.25) is 11.9 Å². The molecule has 1 aliphatic rings. The fourth-order valence-corrected chi connectivity index (χ4v) is 5.87. The summed E-state index contributed by atoms with van der Waals surface area (Å²) in [6.45, 7) is 8.67. The Morgan fingerprint density at radius 3 is 2.60 bits per heavy atom. The van der Waals surface area contributed by atoms with Crippen LogP contribution >= 0.6 is 18.7 Å². The minimum absolute atomic E-state index is 0.251. The molecule has 3 aromatic rings. The van der Waals surface area contributed by atoms with Gasteiger partial charge in [-0.25, -0.2) is 4.98 Å². The lowest BCUT2D eigenvalue weighted by molar-refractivity contribution is -0.111. The number of rotatable bonds is 10. The molecule has 10 nitrogen and oxygen atoms in total. The fourth-order valence-electron chi connectivity index (χ4n) is 4.58. The number of anilines is 6. The van der Waals surface area contributed by atoms with Crippen molar-refractivity contribution < 1.29 is 14.1 Å². The molecule has 0 saturated carbocycles. The van der Waals surface area contributed by atoms with Crippen molar-refractivity contribution in [2.45, 2.75) is 12.5 Å². The predicted molar refractivity (Wildman–Crippen MR) is 165 cm³/mol. The average molecular weight is 584 g/mol. The average Bonchev–Trinajstić information content (AvgIpc) is 3.41. The molecule has 212 valence electrons. The number of methoxy groups -OCH3 is 1. The van der Waals surface area contributed by atoms with Crippen molar-refractivity contribution in [1.82, 2.24) is 14.9 Å². The Morgan fingerprint density at radius 2 is 1.95 bits per heavy atom. The summed E-state index contributed by atoms with van der Waals surface area (Å²) >= 11 is 6.43. The molecular weight excluding hydrogens is 549 g/mol. The van der Waals surface area contributed by atoms with Gasteiger partial charge in [-0.1, -0.05) is 30.3 Å². The van der Waals surface area contributed by atoms with E-state index in [1.807, 2.05) is 30.3 Å². The van der Waals surface area contributed by atoms with Gasteiger partial charge >= 0.3 is 0 Å². The number of carbonyl (C=O) groups is 1. The lowest BCUT2D eigenvalue weighted by atomic mass is 10.2. The number of para-hydroxylation sites is 1. The first kappa shape index (κ1) is 29.4. The van der Waals surface area contributed by atoms with E-state index < -0.39 is 7.14 Å². The van der Waals surface area contributed by atoms with Crippen molar-refractivity contribution in [2.75, 3.05) is 68.5 Å². The van der Waals surface area contributed by atoms with E-state index in [1.54, 1.807) is 26.5 Å². The van der Waals surface area contributed by atoms with Gasteiger partial charge in [-0.05, 0) is 58.1 Å². The second kappa shape index (κ2) is 12.3. The van der Waals surface area contributed by atoms with Gasteiger partial charge in [-0.3, -0.25) is 4.79 Å². The number of nitrogens with one attached hydrogen (secondary N) is 3. The number of likely N-dealkylation sites (N-methyl/N-ethyl adjacent to an activating group) is 1. The first-order valence-corrected chi connectivity index (χ1v) is 15.8. The molecule has 40 heavy (non-hydrogen) atoms. The third-order valence-corrected chi connectivity index (χ3v) is 8.55. The number of aromatic nitrogens is 2. The number of amides is 1. The highest BCUT2D eigenvalue weighted by Gasteiger charge is 2.27. The maximum atomic E-state index is 12.8. The molecule has 1 aliphatic heterocycles. The SMILES string of the molecule is C=CC(=O)Nc1cc(Nc2ncc(Cl)c(Nc3ccccc3P(C)(C)=O)n2)c(OC)cc1N1CCC(N(C)C)C1. The van der Waals surface area contributed by atoms with Gasteiger partial charge in [0.05, 0.1) is 36.1 Å². The molecule has 1 aromatic heterocycles. The molecule has 1 unspecified atom stereocenters. The van der Waals surface area contributed by atoms with Gasteiger partial charge in [0.15, 0.2) is 5.82 Å². The summed E-state index contributed by atoms with van der Waals surface area (Å²) in [5.74, 6) is 0.832. The van der Waals surface area contributed by atoms with Crippen LogP contribution in [-0.4, -0.2) is 74.4 Å². The number of carbonyl (C=O) groups excluding carboxylic acids is 1. The van der Waals surface area contributed by atoms with E-state index in [0.717, 1.165) is 25.2 Å². The number of benzene rings is 2. The summed E-state index contributed by atoms with van der Waals surface area (Å²) in [7, 11) is 3.16. The van der Waals surface area contributed by atoms with Crippen molar-refractivity contribution in [3.63, 3.8) is 0 Å². The molecule has 3 N–H and O–H groups in total. The zero-order chi connectivity index (χ0) is 29.0. The molecule has 0 radical (unpaired) electrons. The van der Waals surface area contributed by atoms with Crippen molar-refractivity contribution in [3.05, 3.63) is 60.3 Å². The van der Waals surface area contributed by atoms with E-state index in [-0.39, 0.29) is 11.9 Å². The molecule has 0 spiro atoms. The molecule has 2 aromatic carbocycles. The molecule has 4 rings (SSSR count). The summed E-state index contributed by atoms with van der Waals surface area (Å²) in [5, 5.41) is 10.3. The van der Waals surface area contributed by atoms with Crippen LogP contribution in [0.5, 0.6) is 5.75 Å². The predicted octanol–water partition coefficient (Wildman–Crippen LogP) is 5.14. The maximum Gasteiger partial charge on any atom is 0.247 e. The molecule has 1 fully saturated rings. The van der Waals surface area contributed by atoms with Crippen LogP contribution in [0.2, 0.25) is 5.02 Å². The zero-order valence-corrected chi connectivity index (χ0v) is 25.0. The van der Waals surface area contributed by atoms with E-state index >= 15 is 0 Å². The van der Waals surface area contributed by atoms with Gasteiger partial charge < -0.3 is 35.1 Å². The van der Waals surface area contributed by atoms with Crippen LogP contribution in [0.25, 0.3) is 0 Å². The number of hydrogen-bond acceptors (Lipinski definition) is 9. The highest BCUT2D eigenvalue weighted by atomic mass is 35.5. The van der Waals surface area contributed by atoms with Crippen LogP contribution in [0.4, 0.5) is 34.5 Å². The minimum Gasteiger partial charge on any atom is -0.494 e. The number of halogens is 1. The second-order valence-electron chi connectivity index (χ2n) is 10.1. The fraction of sp³-hybridized carbons (Fsp3) is 0.321. The van der Waals surface area contributed by atoms with E-state index in [1.165, 1.54) is 12.3 Å². The third kappa shape index (κ3) is 6.75. The monoisotopic (exact) mass is 583 g/mol. The molecule has 2 heterocycles. The molecule has 0 bridgehead atoms. The molecule has 1 saturated heterocycles. The lowest BCUT2D eigenvalue weighted by Gasteiger charge is -2.25. The van der Waals surface area contributed by atoms with Crippen molar-refractivity contribution in [2.24, 2.45) is 0 Å². The molecule has 0 aliphatic carbocycles. The van der Waals surface area contributed by atoms with Crippen LogP contribution in [0, 0.1) is 0 Å². The summed E-state index contributed by atoms with van der Waals surface area (Å²) < 4.78 is 18.5. The van der Waals surface area contributed by atoms with E-state index in [4.69, 9.17) is 16.3 Å². The highest BCUT2D eigenvalue weighted by molar-refractivity contribution is 7.70. The quantitative estimate of drug-likeness (QED) is 0.221. The smallest absolute Gasteiger partial charge is 0.247 e. The van der Waals surface area contributed by atoms with Crippen molar-refractivity contribution >= 4 is 64.5 Å². The Bertz CT molecular complexity index is 1460. The van der Waals surface area contributed by atoms with Crippen LogP contribution in [-0.2, 0) is 9.36 Å². The van der Waals surface area contributed by atoms with Crippen molar-refractivity contribution in [1.29, 1.82) is 0 Å². The van der Waals surface area contributed by atoms with Gasteiger partial charge in [0, 0.05) is 30.5 Å². The van der Waals surface area contributed by atoms with Gasteiger partial charge in [0.1, 0.15) is 17.9 Å². The lowest BCUT2D eigenvalue weighted by Crippen LogP contribution is -2.31. The standard InChI is InChI=1S/C28H35ClN7O3P/c1-7-26(37)31-21-14-22(24(39-4)15-23(21)36-13-12-18(17-36)35(2)3)33-28-30-16-19(29)27(34-28)32-20-10-8-9-11-25(20)40(5,6)38/h7-11,14-16,18H,1,12-13,17H2,2-6H3,(H,31,37)(H2,30,32,33,34). The van der Waals surface area contributed by atoms with Gasteiger partial charge in [-0.15, -0.1) is 0 Å². The van der Waals surface area contributed by atoms with Crippen LogP contribution in [0.15, 0.2) is 55.3 Å². The normalized spacial score (nSPS) is 15.2. The Hall–Kier alpha value is -3.59. The number of hydrogen-bond donors (Lipinski definition) is 3. The summed E-state index contributed by atoms with van der Waals surface area (Å²) in [6, 6.07) is 11.4. The first-order chi connectivity index (χ1) is 19.0. The largest absolute Gasteiger partial charge is 0.494 e. The Labute approximate surface area is 240 Å². The van der Waals surface area contributed by atoms with Crippen LogP contribution in [0.3, 0.4) is 0 Å². The molecule has 1 amide bonds. The van der Waals surface area contributed by atoms with Crippen molar-refractivity contribution in [3.8, 4) is 5.75 Å². The van der Waals surface area contributed by atoms with E-state index in [2.05, 4.69) is 56.4 Å². The summed E-state index contributed by atoms with van der Waals surface area (Å²) in [4.78, 5) is 25.7. The zero-order valence-electron chi connectivity index (χ0n) is 23.4. The highest BCUT2D eigenvalue weighted by Crippen LogP contribution is 2.41. The number of ether oxygens (including phenoxy) is 1. The first-order valence-electron chi connectivity index (χ1n) is 12.8. The molecular formula is C28H35ClN7O3P. The Balaban J connectivity index is 1.68. The minimum atomic E-state index is -2.56. The summed E-state index contributed by atoms with van der Waals surface area (Å²) in [5.41, 5.74) is 2.66. The van der Waals surface area contributed by atoms with E-state index in [9.17, 15) is 9.36 Å². The third-order valence-electron chi connectivity index (χ3n) is 6.72. The van der Waals surface area contributed by atoms with E-state index in [0.29, 0.717) is 45.0 Å². The number of nitrogens with zero attached hydrogens (tertiary/aromatic N) is 4. The topological polar surface area (TPSA) is 112 Å². The molecule has 12 heteroatoms. The summed E-state index contributed by atoms with van der Waals surface area (Å²) in [6.07, 6.45) is 3.72. The van der Waals surface area contributed by atoms with Crippen LogP contribution in [0.1, 0.15) is 6.42 Å².